The third-order valence-electron chi connectivity index (χ3n) is 3.66. The molecule has 1 fully saturated rings. The van der Waals surface area contributed by atoms with Crippen molar-refractivity contribution in [2.24, 2.45) is 11.7 Å². The van der Waals surface area contributed by atoms with Crippen LogP contribution in [0.4, 0.5) is 0 Å². The van der Waals surface area contributed by atoms with E-state index in [0.717, 1.165) is 24.8 Å². The van der Waals surface area contributed by atoms with Gasteiger partial charge in [-0.3, -0.25) is 10.4 Å². The Balaban J connectivity index is 1.92. The third kappa shape index (κ3) is 4.01. The Kier molecular flexibility index (Phi) is 4.72. The summed E-state index contributed by atoms with van der Waals surface area (Å²) in [6.45, 7) is 0. The van der Waals surface area contributed by atoms with Gasteiger partial charge < -0.3 is 5.73 Å². The van der Waals surface area contributed by atoms with Crippen molar-refractivity contribution in [3.63, 3.8) is 0 Å². The maximum Gasteiger partial charge on any atom is 0.212 e. The molecule has 0 aliphatic heterocycles. The average Bonchev–Trinajstić information content (AvgIpc) is 2.85. The van der Waals surface area contributed by atoms with E-state index in [9.17, 15) is 8.42 Å². The largest absolute Gasteiger partial charge is 0.387 e. The van der Waals surface area contributed by atoms with Crippen LogP contribution in [0.25, 0.3) is 0 Å². The van der Waals surface area contributed by atoms with Gasteiger partial charge in [0.05, 0.1) is 11.6 Å². The summed E-state index contributed by atoms with van der Waals surface area (Å²) >= 11 is 0. The summed E-state index contributed by atoms with van der Waals surface area (Å²) in [5, 5.41) is 7.50. The quantitative estimate of drug-likeness (QED) is 0.529. The molecule has 2 rings (SSSR count). The molecule has 4 N–H and O–H groups in total. The van der Waals surface area contributed by atoms with E-state index in [-0.39, 0.29) is 23.5 Å². The number of aryl methyl sites for hydroxylation is 1. The second-order valence-corrected chi connectivity index (χ2v) is 7.01. The molecule has 1 aromatic rings. The Morgan fingerprint density at radius 2 is 2.10 bits per heavy atom. The van der Waals surface area contributed by atoms with Crippen LogP contribution in [-0.4, -0.2) is 31.0 Å². The Morgan fingerprint density at radius 1 is 1.40 bits per heavy atom. The molecule has 20 heavy (non-hydrogen) atoms. The molecule has 1 saturated carbocycles. The number of amidine groups is 1. The van der Waals surface area contributed by atoms with Crippen molar-refractivity contribution in [3.8, 4) is 0 Å². The first-order valence-electron chi connectivity index (χ1n) is 6.71. The summed E-state index contributed by atoms with van der Waals surface area (Å²) in [5.41, 5.74) is 6.46. The van der Waals surface area contributed by atoms with Crippen molar-refractivity contribution in [2.45, 2.75) is 31.7 Å². The Hall–Kier alpha value is -1.47. The summed E-state index contributed by atoms with van der Waals surface area (Å²) in [6.07, 6.45) is 6.19. The lowest BCUT2D eigenvalue weighted by Crippen LogP contribution is -2.43. The number of rotatable bonds is 6. The van der Waals surface area contributed by atoms with Crippen LogP contribution in [0.2, 0.25) is 0 Å². The number of hydrogen-bond acceptors (Lipinski definition) is 4. The SMILES string of the molecule is N=C(N)C1CCCC1NS(=O)(=O)CCc1ccncc1. The lowest BCUT2D eigenvalue weighted by atomic mass is 10.0. The van der Waals surface area contributed by atoms with E-state index in [0.29, 0.717) is 6.42 Å². The van der Waals surface area contributed by atoms with Crippen LogP contribution in [0.5, 0.6) is 0 Å². The average molecular weight is 296 g/mol. The normalized spacial score (nSPS) is 22.8. The zero-order valence-electron chi connectivity index (χ0n) is 11.2. The van der Waals surface area contributed by atoms with E-state index < -0.39 is 10.0 Å². The highest BCUT2D eigenvalue weighted by molar-refractivity contribution is 7.89. The Bertz CT molecular complexity index is 559. The van der Waals surface area contributed by atoms with Crippen LogP contribution in [0, 0.1) is 11.3 Å². The van der Waals surface area contributed by atoms with Crippen molar-refractivity contribution in [2.75, 3.05) is 5.75 Å². The molecule has 2 atom stereocenters. The molecule has 0 radical (unpaired) electrons. The molecule has 1 aromatic heterocycles. The smallest absolute Gasteiger partial charge is 0.212 e. The molecule has 0 spiro atoms. The van der Waals surface area contributed by atoms with Gasteiger partial charge in [0.15, 0.2) is 0 Å². The van der Waals surface area contributed by atoms with Gasteiger partial charge in [-0.05, 0) is 37.0 Å². The van der Waals surface area contributed by atoms with Gasteiger partial charge in [0.25, 0.3) is 0 Å². The highest BCUT2D eigenvalue weighted by Crippen LogP contribution is 2.26. The Labute approximate surface area is 119 Å². The first-order valence-corrected chi connectivity index (χ1v) is 8.36. The zero-order chi connectivity index (χ0) is 14.6. The lowest BCUT2D eigenvalue weighted by molar-refractivity contribution is 0.521. The lowest BCUT2D eigenvalue weighted by Gasteiger charge is -2.19. The highest BCUT2D eigenvalue weighted by Gasteiger charge is 2.32. The first-order chi connectivity index (χ1) is 9.48. The number of pyridine rings is 1. The number of nitrogens with two attached hydrogens (primary N) is 1. The maximum absolute atomic E-state index is 12.1. The predicted molar refractivity (Wildman–Crippen MR) is 77.9 cm³/mol. The minimum atomic E-state index is -3.35. The van der Waals surface area contributed by atoms with Gasteiger partial charge in [-0.1, -0.05) is 6.42 Å². The van der Waals surface area contributed by atoms with Crippen molar-refractivity contribution in [1.29, 1.82) is 5.41 Å². The summed E-state index contributed by atoms with van der Waals surface area (Å²) in [7, 11) is -3.35. The molecule has 0 saturated heterocycles. The van der Waals surface area contributed by atoms with Gasteiger partial charge in [0, 0.05) is 24.4 Å². The number of nitrogens with zero attached hydrogens (tertiary/aromatic N) is 1. The minimum absolute atomic E-state index is 0.0398. The molecular formula is C13H20N4O2S. The van der Waals surface area contributed by atoms with Crippen LogP contribution in [0.3, 0.4) is 0 Å². The fraction of sp³-hybridized carbons (Fsp3) is 0.538. The monoisotopic (exact) mass is 296 g/mol. The zero-order valence-corrected chi connectivity index (χ0v) is 12.1. The number of aromatic nitrogens is 1. The van der Waals surface area contributed by atoms with E-state index in [4.69, 9.17) is 11.1 Å². The fourth-order valence-electron chi connectivity index (χ4n) is 2.56. The molecule has 6 nitrogen and oxygen atoms in total. The van der Waals surface area contributed by atoms with E-state index in [1.165, 1.54) is 0 Å². The second-order valence-electron chi connectivity index (χ2n) is 5.14. The summed E-state index contributed by atoms with van der Waals surface area (Å²) in [4.78, 5) is 3.90. The van der Waals surface area contributed by atoms with E-state index >= 15 is 0 Å². The van der Waals surface area contributed by atoms with Crippen LogP contribution in [0.1, 0.15) is 24.8 Å². The molecule has 0 aromatic carbocycles. The van der Waals surface area contributed by atoms with Gasteiger partial charge in [0.2, 0.25) is 10.0 Å². The van der Waals surface area contributed by atoms with Crippen molar-refractivity contribution in [1.82, 2.24) is 9.71 Å². The number of nitrogens with one attached hydrogen (secondary N) is 2. The van der Waals surface area contributed by atoms with E-state index in [2.05, 4.69) is 9.71 Å². The summed E-state index contributed by atoms with van der Waals surface area (Å²) in [6, 6.07) is 3.39. The summed E-state index contributed by atoms with van der Waals surface area (Å²) < 4.78 is 26.9. The predicted octanol–water partition coefficient (Wildman–Crippen LogP) is 0.648. The molecule has 1 aliphatic rings. The van der Waals surface area contributed by atoms with Gasteiger partial charge in [-0.2, -0.15) is 0 Å². The number of hydrogen-bond donors (Lipinski definition) is 3. The van der Waals surface area contributed by atoms with Crippen molar-refractivity contribution >= 4 is 15.9 Å². The molecule has 1 heterocycles. The minimum Gasteiger partial charge on any atom is -0.387 e. The van der Waals surface area contributed by atoms with Crippen LogP contribution in [0.15, 0.2) is 24.5 Å². The van der Waals surface area contributed by atoms with Crippen molar-refractivity contribution < 1.29 is 8.42 Å². The molecule has 0 amide bonds. The molecule has 110 valence electrons. The van der Waals surface area contributed by atoms with E-state index in [1.54, 1.807) is 12.4 Å². The standard InChI is InChI=1S/C13H20N4O2S/c14-13(15)11-2-1-3-12(11)17-20(18,19)9-6-10-4-7-16-8-5-10/h4-5,7-8,11-12,17H,1-3,6,9H2,(H3,14,15). The molecule has 1 aliphatic carbocycles. The highest BCUT2D eigenvalue weighted by atomic mass is 32.2. The maximum atomic E-state index is 12.1. The Morgan fingerprint density at radius 3 is 2.75 bits per heavy atom. The van der Waals surface area contributed by atoms with Crippen LogP contribution < -0.4 is 10.5 Å². The molecule has 2 unspecified atom stereocenters. The van der Waals surface area contributed by atoms with Gasteiger partial charge in [-0.15, -0.1) is 0 Å². The fourth-order valence-corrected chi connectivity index (χ4v) is 3.93. The van der Waals surface area contributed by atoms with Crippen LogP contribution in [-0.2, 0) is 16.4 Å². The molecule has 7 heteroatoms. The molecular weight excluding hydrogens is 276 g/mol. The topological polar surface area (TPSA) is 109 Å². The molecule has 0 bridgehead atoms. The first kappa shape index (κ1) is 14.9. The number of sulfonamides is 1. The third-order valence-corrected chi connectivity index (χ3v) is 5.06. The van der Waals surface area contributed by atoms with Crippen LogP contribution >= 0.6 is 0 Å². The van der Waals surface area contributed by atoms with Gasteiger partial charge >= 0.3 is 0 Å². The van der Waals surface area contributed by atoms with Crippen molar-refractivity contribution in [3.05, 3.63) is 30.1 Å². The second kappa shape index (κ2) is 6.32. The van der Waals surface area contributed by atoms with E-state index in [1.807, 2.05) is 12.1 Å². The summed E-state index contributed by atoms with van der Waals surface area (Å²) in [5.74, 6) is -0.0481. The van der Waals surface area contributed by atoms with Gasteiger partial charge in [0.1, 0.15) is 0 Å². The van der Waals surface area contributed by atoms with Gasteiger partial charge in [-0.25, -0.2) is 13.1 Å².